The molecule has 2 unspecified atom stereocenters. The van der Waals surface area contributed by atoms with Gasteiger partial charge in [0.25, 0.3) is 0 Å². The zero-order valence-corrected chi connectivity index (χ0v) is 12.7. The SMILES string of the molecule is PCCCCCCCCCCCCCP. The molecule has 2 atom stereocenters. The Kier molecular flexibility index (Phi) is 15.7. The number of rotatable bonds is 12. The van der Waals surface area contributed by atoms with E-state index in [1.165, 1.54) is 83.0 Å². The van der Waals surface area contributed by atoms with Crippen LogP contribution in [0.1, 0.15) is 70.6 Å². The molecule has 0 aliphatic rings. The van der Waals surface area contributed by atoms with Gasteiger partial charge in [0, 0.05) is 0 Å². The molecule has 0 aromatic rings. The Labute approximate surface area is 102 Å². The lowest BCUT2D eigenvalue weighted by Gasteiger charge is -2.01. The topological polar surface area (TPSA) is 0 Å². The molecule has 15 heavy (non-hydrogen) atoms. The van der Waals surface area contributed by atoms with Gasteiger partial charge in [0.2, 0.25) is 0 Å². The lowest BCUT2D eigenvalue weighted by molar-refractivity contribution is 0.555. The molecule has 2 heteroatoms. The van der Waals surface area contributed by atoms with Crippen LogP contribution in [0.2, 0.25) is 0 Å². The van der Waals surface area contributed by atoms with Gasteiger partial charge in [0.05, 0.1) is 0 Å². The third-order valence-corrected chi connectivity index (χ3v) is 3.72. The molecule has 0 aliphatic heterocycles. The second-order valence-corrected chi connectivity index (χ2v) is 5.62. The van der Waals surface area contributed by atoms with Crippen LogP contribution in [-0.4, -0.2) is 12.3 Å². The minimum Gasteiger partial charge on any atom is -0.138 e. The van der Waals surface area contributed by atoms with Gasteiger partial charge in [-0.1, -0.05) is 57.8 Å². The summed E-state index contributed by atoms with van der Waals surface area (Å²) in [6.45, 7) is 0. The van der Waals surface area contributed by atoms with E-state index in [2.05, 4.69) is 18.5 Å². The maximum atomic E-state index is 2.81. The Morgan fingerprint density at radius 1 is 0.333 bits per heavy atom. The average molecular weight is 248 g/mol. The predicted molar refractivity (Wildman–Crippen MR) is 79.9 cm³/mol. The van der Waals surface area contributed by atoms with Crippen molar-refractivity contribution in [2.75, 3.05) is 12.3 Å². The van der Waals surface area contributed by atoms with Crippen LogP contribution in [0.15, 0.2) is 0 Å². The molecule has 0 spiro atoms. The molecule has 0 amide bonds. The fourth-order valence-corrected chi connectivity index (χ4v) is 2.46. The molecular formula is C13H30P2. The molecular weight excluding hydrogens is 218 g/mol. The molecule has 92 valence electrons. The van der Waals surface area contributed by atoms with Crippen LogP contribution in [0.25, 0.3) is 0 Å². The minimum absolute atomic E-state index is 1.29. The first kappa shape index (κ1) is 15.9. The van der Waals surface area contributed by atoms with Crippen molar-refractivity contribution in [2.45, 2.75) is 70.6 Å². The normalized spacial score (nSPS) is 10.8. The molecule has 0 aromatic carbocycles. The average Bonchev–Trinajstić information content (AvgIpc) is 2.26. The van der Waals surface area contributed by atoms with Crippen molar-refractivity contribution in [1.82, 2.24) is 0 Å². The van der Waals surface area contributed by atoms with Gasteiger partial charge in [-0.15, -0.1) is 18.5 Å². The van der Waals surface area contributed by atoms with Gasteiger partial charge < -0.3 is 0 Å². The van der Waals surface area contributed by atoms with Crippen LogP contribution in [-0.2, 0) is 0 Å². The second-order valence-electron chi connectivity index (χ2n) is 4.47. The van der Waals surface area contributed by atoms with E-state index in [9.17, 15) is 0 Å². The third-order valence-electron chi connectivity index (χ3n) is 2.91. The van der Waals surface area contributed by atoms with Crippen LogP contribution >= 0.6 is 18.5 Å². The van der Waals surface area contributed by atoms with Gasteiger partial charge in [0.1, 0.15) is 0 Å². The van der Waals surface area contributed by atoms with Crippen LogP contribution < -0.4 is 0 Å². The standard InChI is InChI=1S/C13H30P2/c14-12-10-8-6-4-2-1-3-5-7-9-11-13-15/h1-15H2. The summed E-state index contributed by atoms with van der Waals surface area (Å²) in [6.07, 6.45) is 18.5. The van der Waals surface area contributed by atoms with E-state index in [1.54, 1.807) is 0 Å². The number of unbranched alkanes of at least 4 members (excludes halogenated alkanes) is 10. The van der Waals surface area contributed by atoms with E-state index >= 15 is 0 Å². The first-order valence-electron chi connectivity index (χ1n) is 6.82. The first-order chi connectivity index (χ1) is 7.41. The molecule has 0 radical (unpaired) electrons. The zero-order valence-electron chi connectivity index (χ0n) is 10.3. The van der Waals surface area contributed by atoms with Crippen molar-refractivity contribution in [1.29, 1.82) is 0 Å². The Balaban J connectivity index is 2.81. The fourth-order valence-electron chi connectivity index (χ4n) is 1.88. The predicted octanol–water partition coefficient (Wildman–Crippen LogP) is 5.03. The summed E-state index contributed by atoms with van der Waals surface area (Å²) < 4.78 is 0. The number of hydrogen-bond acceptors (Lipinski definition) is 0. The van der Waals surface area contributed by atoms with E-state index in [0.717, 1.165) is 0 Å². The smallest absolute Gasteiger partial charge is 0.0381 e. The van der Waals surface area contributed by atoms with Gasteiger partial charge in [-0.25, -0.2) is 0 Å². The molecule has 0 aromatic heterocycles. The number of hydrogen-bond donors (Lipinski definition) is 0. The van der Waals surface area contributed by atoms with E-state index in [0.29, 0.717) is 0 Å². The summed E-state index contributed by atoms with van der Waals surface area (Å²) in [5.74, 6) is 0. The maximum absolute atomic E-state index is 2.81. The Hall–Kier alpha value is 0.860. The van der Waals surface area contributed by atoms with Crippen LogP contribution in [0, 0.1) is 0 Å². The highest BCUT2D eigenvalue weighted by Gasteiger charge is 1.92. The third kappa shape index (κ3) is 14.9. The molecule has 0 bridgehead atoms. The van der Waals surface area contributed by atoms with E-state index in [-0.39, 0.29) is 0 Å². The summed E-state index contributed by atoms with van der Waals surface area (Å²) >= 11 is 0. The molecule has 0 aliphatic carbocycles. The largest absolute Gasteiger partial charge is 0.138 e. The van der Waals surface area contributed by atoms with Crippen molar-refractivity contribution in [3.63, 3.8) is 0 Å². The van der Waals surface area contributed by atoms with Gasteiger partial charge >= 0.3 is 0 Å². The van der Waals surface area contributed by atoms with Gasteiger partial charge in [-0.2, -0.15) is 0 Å². The first-order valence-corrected chi connectivity index (χ1v) is 8.45. The van der Waals surface area contributed by atoms with Crippen LogP contribution in [0.3, 0.4) is 0 Å². The van der Waals surface area contributed by atoms with Crippen molar-refractivity contribution in [3.05, 3.63) is 0 Å². The highest BCUT2D eigenvalue weighted by atomic mass is 31.0. The van der Waals surface area contributed by atoms with Crippen LogP contribution in [0.4, 0.5) is 0 Å². The summed E-state index contributed by atoms with van der Waals surface area (Å²) in [6, 6.07) is 0. The summed E-state index contributed by atoms with van der Waals surface area (Å²) in [7, 11) is 5.63. The Morgan fingerprint density at radius 2 is 0.533 bits per heavy atom. The van der Waals surface area contributed by atoms with E-state index < -0.39 is 0 Å². The summed E-state index contributed by atoms with van der Waals surface area (Å²) in [5, 5.41) is 0. The van der Waals surface area contributed by atoms with Gasteiger partial charge in [-0.3, -0.25) is 0 Å². The molecule has 0 N–H and O–H groups in total. The summed E-state index contributed by atoms with van der Waals surface area (Å²) in [5.41, 5.74) is 0. The Morgan fingerprint density at radius 3 is 0.733 bits per heavy atom. The minimum atomic E-state index is 1.29. The van der Waals surface area contributed by atoms with Crippen LogP contribution in [0.5, 0.6) is 0 Å². The highest BCUT2D eigenvalue weighted by molar-refractivity contribution is 7.16. The van der Waals surface area contributed by atoms with Gasteiger partial charge in [0.15, 0.2) is 0 Å². The monoisotopic (exact) mass is 248 g/mol. The Bertz CT molecular complexity index is 92.7. The second kappa shape index (κ2) is 14.9. The zero-order chi connectivity index (χ0) is 11.2. The van der Waals surface area contributed by atoms with E-state index in [4.69, 9.17) is 0 Å². The lowest BCUT2D eigenvalue weighted by Crippen LogP contribution is -1.83. The molecule has 0 nitrogen and oxygen atoms in total. The highest BCUT2D eigenvalue weighted by Crippen LogP contribution is 2.11. The molecule has 0 fully saturated rings. The quantitative estimate of drug-likeness (QED) is 0.336. The molecule has 0 saturated heterocycles. The van der Waals surface area contributed by atoms with Gasteiger partial charge in [-0.05, 0) is 25.2 Å². The molecule has 0 heterocycles. The lowest BCUT2D eigenvalue weighted by atomic mass is 10.1. The molecule has 0 rings (SSSR count). The van der Waals surface area contributed by atoms with E-state index in [1.807, 2.05) is 0 Å². The van der Waals surface area contributed by atoms with Crippen molar-refractivity contribution < 1.29 is 0 Å². The summed E-state index contributed by atoms with van der Waals surface area (Å²) in [4.78, 5) is 0. The fraction of sp³-hybridized carbons (Fsp3) is 1.00. The van der Waals surface area contributed by atoms with Crippen molar-refractivity contribution in [3.8, 4) is 0 Å². The van der Waals surface area contributed by atoms with Crippen molar-refractivity contribution in [2.24, 2.45) is 0 Å². The van der Waals surface area contributed by atoms with Crippen molar-refractivity contribution >= 4 is 18.5 Å². The maximum Gasteiger partial charge on any atom is -0.0381 e. The molecule has 0 saturated carbocycles.